The Labute approximate surface area is 191 Å². The summed E-state index contributed by atoms with van der Waals surface area (Å²) < 4.78 is 51.3. The molecule has 3 aromatic carbocycles. The number of nitrogens with zero attached hydrogens (tertiary/aromatic N) is 1. The molecule has 0 aliphatic rings. The summed E-state index contributed by atoms with van der Waals surface area (Å²) in [6.07, 6.45) is 0. The van der Waals surface area contributed by atoms with Crippen molar-refractivity contribution in [3.63, 3.8) is 0 Å². The van der Waals surface area contributed by atoms with Crippen molar-refractivity contribution in [3.8, 4) is 22.6 Å². The van der Waals surface area contributed by atoms with E-state index in [9.17, 15) is 17.6 Å². The maximum atomic E-state index is 14.0. The monoisotopic (exact) mass is 474 g/mol. The topological polar surface area (TPSA) is 119 Å². The second kappa shape index (κ2) is 9.88. The Hall–Kier alpha value is -3.63. The van der Waals surface area contributed by atoms with E-state index in [2.05, 4.69) is 0 Å². The van der Waals surface area contributed by atoms with Crippen LogP contribution >= 0.6 is 0 Å². The fraction of sp³-hybridized carbons (Fsp3) is 0.174. The predicted octanol–water partition coefficient (Wildman–Crippen LogP) is 3.37. The minimum Gasteiger partial charge on any atom is -0.494 e. The summed E-state index contributed by atoms with van der Waals surface area (Å²) in [5.41, 5.74) is 8.23. The number of aliphatic carboxylic acids is 1. The van der Waals surface area contributed by atoms with Crippen molar-refractivity contribution in [3.05, 3.63) is 72.0 Å². The number of nitrogen functional groups attached to an aromatic ring is 1. The van der Waals surface area contributed by atoms with Crippen LogP contribution in [0.4, 0.5) is 10.1 Å². The van der Waals surface area contributed by atoms with E-state index in [1.807, 2.05) is 0 Å². The molecule has 33 heavy (non-hydrogen) atoms. The van der Waals surface area contributed by atoms with E-state index in [0.29, 0.717) is 28.1 Å². The SMILES string of the molecule is COc1ccc(S(=O)(=O)N(C)Cc2ccc(OCC(=O)O)c(-c3cccc(N)c3)c2)cc1F. The van der Waals surface area contributed by atoms with Crippen LogP contribution in [0.25, 0.3) is 11.1 Å². The molecule has 0 amide bonds. The first-order chi connectivity index (χ1) is 15.6. The average Bonchev–Trinajstić information content (AvgIpc) is 2.77. The Balaban J connectivity index is 1.93. The molecule has 0 aliphatic heterocycles. The number of ether oxygens (including phenoxy) is 2. The summed E-state index contributed by atoms with van der Waals surface area (Å²) in [7, 11) is -1.32. The van der Waals surface area contributed by atoms with Crippen molar-refractivity contribution in [1.82, 2.24) is 4.31 Å². The molecule has 0 heterocycles. The molecule has 0 aliphatic carbocycles. The van der Waals surface area contributed by atoms with Gasteiger partial charge in [-0.05, 0) is 53.6 Å². The van der Waals surface area contributed by atoms with E-state index in [4.69, 9.17) is 20.3 Å². The Morgan fingerprint density at radius 3 is 2.45 bits per heavy atom. The van der Waals surface area contributed by atoms with Crippen LogP contribution < -0.4 is 15.2 Å². The third-order valence-corrected chi connectivity index (χ3v) is 6.63. The number of sulfonamides is 1. The first-order valence-electron chi connectivity index (χ1n) is 9.75. The average molecular weight is 475 g/mol. The van der Waals surface area contributed by atoms with Crippen molar-refractivity contribution in [2.45, 2.75) is 11.4 Å². The fourth-order valence-corrected chi connectivity index (χ4v) is 4.37. The van der Waals surface area contributed by atoms with E-state index in [1.165, 1.54) is 26.3 Å². The Morgan fingerprint density at radius 1 is 1.09 bits per heavy atom. The van der Waals surface area contributed by atoms with Crippen LogP contribution in [0.3, 0.4) is 0 Å². The maximum absolute atomic E-state index is 14.0. The molecule has 0 radical (unpaired) electrons. The molecular formula is C23H23FN2O6S. The van der Waals surface area contributed by atoms with Crippen molar-refractivity contribution in [1.29, 1.82) is 0 Å². The number of nitrogens with two attached hydrogens (primary N) is 1. The van der Waals surface area contributed by atoms with Crippen LogP contribution in [-0.2, 0) is 21.4 Å². The van der Waals surface area contributed by atoms with Gasteiger partial charge < -0.3 is 20.3 Å². The summed E-state index contributed by atoms with van der Waals surface area (Å²) in [5.74, 6) is -1.65. The molecule has 3 aromatic rings. The molecule has 0 unspecified atom stereocenters. The molecule has 174 valence electrons. The predicted molar refractivity (Wildman–Crippen MR) is 121 cm³/mol. The standard InChI is InChI=1S/C23H23FN2O6S/c1-26(33(29,30)18-7-9-22(31-2)20(24)12-18)13-15-6-8-21(32-14-23(27)28)19(10-15)16-4-3-5-17(25)11-16/h3-12H,13-14,25H2,1-2H3,(H,27,28). The molecule has 0 aromatic heterocycles. The van der Waals surface area contributed by atoms with Gasteiger partial charge in [0.15, 0.2) is 18.2 Å². The lowest BCUT2D eigenvalue weighted by molar-refractivity contribution is -0.139. The van der Waals surface area contributed by atoms with E-state index in [-0.39, 0.29) is 17.2 Å². The van der Waals surface area contributed by atoms with Gasteiger partial charge in [0.25, 0.3) is 0 Å². The lowest BCUT2D eigenvalue weighted by Crippen LogP contribution is -2.26. The number of rotatable bonds is 9. The molecule has 10 heteroatoms. The van der Waals surface area contributed by atoms with Crippen LogP contribution in [-0.4, -0.2) is 44.6 Å². The number of benzene rings is 3. The van der Waals surface area contributed by atoms with Gasteiger partial charge in [0, 0.05) is 24.8 Å². The molecule has 0 saturated heterocycles. The lowest BCUT2D eigenvalue weighted by atomic mass is 10.0. The highest BCUT2D eigenvalue weighted by Gasteiger charge is 2.23. The van der Waals surface area contributed by atoms with Gasteiger partial charge >= 0.3 is 5.97 Å². The largest absolute Gasteiger partial charge is 0.494 e. The molecular weight excluding hydrogens is 451 g/mol. The summed E-state index contributed by atoms with van der Waals surface area (Å²) in [5, 5.41) is 8.95. The molecule has 0 bridgehead atoms. The number of hydrogen-bond acceptors (Lipinski definition) is 6. The number of hydrogen-bond donors (Lipinski definition) is 2. The normalized spacial score (nSPS) is 11.4. The first kappa shape index (κ1) is 24.0. The van der Waals surface area contributed by atoms with Crippen LogP contribution in [0.2, 0.25) is 0 Å². The quantitative estimate of drug-likeness (QED) is 0.456. The molecule has 0 saturated carbocycles. The maximum Gasteiger partial charge on any atom is 0.341 e. The van der Waals surface area contributed by atoms with Crippen LogP contribution in [0, 0.1) is 5.82 Å². The van der Waals surface area contributed by atoms with Crippen molar-refractivity contribution < 1.29 is 32.2 Å². The zero-order valence-corrected chi connectivity index (χ0v) is 18.8. The van der Waals surface area contributed by atoms with Gasteiger partial charge in [0.05, 0.1) is 12.0 Å². The zero-order chi connectivity index (χ0) is 24.2. The zero-order valence-electron chi connectivity index (χ0n) is 18.0. The molecule has 0 atom stereocenters. The first-order valence-corrected chi connectivity index (χ1v) is 11.2. The Bertz CT molecular complexity index is 1280. The number of carbonyl (C=O) groups is 1. The minimum absolute atomic E-state index is 0.0233. The van der Waals surface area contributed by atoms with Crippen LogP contribution in [0.5, 0.6) is 11.5 Å². The van der Waals surface area contributed by atoms with Gasteiger partial charge in [-0.25, -0.2) is 17.6 Å². The minimum atomic E-state index is -3.99. The van der Waals surface area contributed by atoms with Gasteiger partial charge in [-0.3, -0.25) is 0 Å². The Kier molecular flexibility index (Phi) is 7.19. The van der Waals surface area contributed by atoms with E-state index < -0.39 is 28.4 Å². The van der Waals surface area contributed by atoms with Crippen molar-refractivity contribution in [2.24, 2.45) is 0 Å². The molecule has 3 N–H and O–H groups in total. The van der Waals surface area contributed by atoms with Gasteiger partial charge in [0.2, 0.25) is 10.0 Å². The van der Waals surface area contributed by atoms with Gasteiger partial charge in [-0.1, -0.05) is 18.2 Å². The van der Waals surface area contributed by atoms with Crippen LogP contribution in [0.1, 0.15) is 5.56 Å². The summed E-state index contributed by atoms with van der Waals surface area (Å²) in [6.45, 7) is -0.559. The molecule has 0 fully saturated rings. The third-order valence-electron chi connectivity index (χ3n) is 4.83. The van der Waals surface area contributed by atoms with E-state index >= 15 is 0 Å². The lowest BCUT2D eigenvalue weighted by Gasteiger charge is -2.19. The summed E-state index contributed by atoms with van der Waals surface area (Å²) >= 11 is 0. The highest BCUT2D eigenvalue weighted by Crippen LogP contribution is 2.33. The third kappa shape index (κ3) is 5.60. The molecule has 8 nitrogen and oxygen atoms in total. The number of methoxy groups -OCH3 is 1. The number of anilines is 1. The van der Waals surface area contributed by atoms with Crippen LogP contribution in [0.15, 0.2) is 65.6 Å². The molecule has 3 rings (SSSR count). The second-order valence-electron chi connectivity index (χ2n) is 7.20. The number of halogens is 1. The second-order valence-corrected chi connectivity index (χ2v) is 9.24. The fourth-order valence-electron chi connectivity index (χ4n) is 3.20. The van der Waals surface area contributed by atoms with E-state index in [0.717, 1.165) is 10.4 Å². The van der Waals surface area contributed by atoms with Crippen molar-refractivity contribution in [2.75, 3.05) is 26.5 Å². The van der Waals surface area contributed by atoms with Gasteiger partial charge in [-0.2, -0.15) is 4.31 Å². The highest BCUT2D eigenvalue weighted by molar-refractivity contribution is 7.89. The van der Waals surface area contributed by atoms with E-state index in [1.54, 1.807) is 42.5 Å². The number of carboxylic acid groups (broad SMARTS) is 1. The smallest absolute Gasteiger partial charge is 0.341 e. The number of carboxylic acids is 1. The van der Waals surface area contributed by atoms with Crippen molar-refractivity contribution >= 4 is 21.7 Å². The summed E-state index contributed by atoms with van der Waals surface area (Å²) in [6, 6.07) is 15.3. The van der Waals surface area contributed by atoms with Gasteiger partial charge in [0.1, 0.15) is 5.75 Å². The highest BCUT2D eigenvalue weighted by atomic mass is 32.2. The molecule has 0 spiro atoms. The van der Waals surface area contributed by atoms with Gasteiger partial charge in [-0.15, -0.1) is 0 Å². The summed E-state index contributed by atoms with van der Waals surface area (Å²) in [4.78, 5) is 10.7. The Morgan fingerprint density at radius 2 is 1.82 bits per heavy atom.